The summed E-state index contributed by atoms with van der Waals surface area (Å²) in [6.07, 6.45) is 4.56. The largest absolute Gasteiger partial charge is 0.433 e. The quantitative estimate of drug-likeness (QED) is 0.338. The molecule has 3 rings (SSSR count). The summed E-state index contributed by atoms with van der Waals surface area (Å²) in [5, 5.41) is 7.24. The molecule has 0 bridgehead atoms. The van der Waals surface area contributed by atoms with Gasteiger partial charge in [0, 0.05) is 11.6 Å². The van der Waals surface area contributed by atoms with E-state index < -0.39 is 12.2 Å². The molecule has 1 N–H and O–H groups in total. The number of hydrogen-bond acceptors (Lipinski definition) is 4. The minimum atomic E-state index is -0.508. The van der Waals surface area contributed by atoms with Crippen LogP contribution in [0, 0.1) is 5.92 Å². The highest BCUT2D eigenvalue weighted by molar-refractivity contribution is 6.04. The zero-order valence-electron chi connectivity index (χ0n) is 17.9. The molecule has 0 saturated heterocycles. The maximum atomic E-state index is 12.4. The average Bonchev–Trinajstić information content (AvgIpc) is 2.77. The van der Waals surface area contributed by atoms with E-state index in [1.54, 1.807) is 0 Å². The van der Waals surface area contributed by atoms with E-state index in [0.29, 0.717) is 18.2 Å². The summed E-state index contributed by atoms with van der Waals surface area (Å²) in [4.78, 5) is 17.7. The van der Waals surface area contributed by atoms with Crippen LogP contribution < -0.4 is 5.32 Å². The first-order chi connectivity index (χ1) is 14.6. The van der Waals surface area contributed by atoms with Gasteiger partial charge in [0.05, 0.1) is 6.61 Å². The Kier molecular flexibility index (Phi) is 8.45. The second-order valence-corrected chi connectivity index (χ2v) is 8.22. The Labute approximate surface area is 179 Å². The van der Waals surface area contributed by atoms with Crippen LogP contribution in [-0.4, -0.2) is 24.5 Å². The second kappa shape index (κ2) is 11.5. The van der Waals surface area contributed by atoms with Gasteiger partial charge in [-0.3, -0.25) is 4.84 Å². The molecule has 1 aliphatic carbocycles. The number of oxime groups is 1. The zero-order valence-corrected chi connectivity index (χ0v) is 17.9. The molecule has 1 atom stereocenters. The summed E-state index contributed by atoms with van der Waals surface area (Å²) >= 11 is 0. The highest BCUT2D eigenvalue weighted by atomic mass is 16.7. The summed E-state index contributed by atoms with van der Waals surface area (Å²) in [6.45, 7) is 4.78. The number of carbonyl (C=O) groups is 1. The molecule has 5 nitrogen and oxygen atoms in total. The third-order valence-corrected chi connectivity index (χ3v) is 5.17. The van der Waals surface area contributed by atoms with E-state index >= 15 is 0 Å². The number of amides is 1. The lowest BCUT2D eigenvalue weighted by Gasteiger charge is -2.23. The van der Waals surface area contributed by atoms with Crippen molar-refractivity contribution in [1.29, 1.82) is 0 Å². The first-order valence-corrected chi connectivity index (χ1v) is 10.9. The molecular weight excluding hydrogens is 376 g/mol. The van der Waals surface area contributed by atoms with E-state index in [1.807, 2.05) is 60.7 Å². The molecule has 1 fully saturated rings. The highest BCUT2D eigenvalue weighted by Crippen LogP contribution is 2.25. The molecule has 1 saturated carbocycles. The Morgan fingerprint density at radius 2 is 1.63 bits per heavy atom. The maximum absolute atomic E-state index is 12.4. The number of carbonyl (C=O) groups excluding carboxylic acids is 1. The predicted octanol–water partition coefficient (Wildman–Crippen LogP) is 5.86. The lowest BCUT2D eigenvalue weighted by atomic mass is 9.96. The zero-order chi connectivity index (χ0) is 21.2. The topological polar surface area (TPSA) is 59.9 Å². The van der Waals surface area contributed by atoms with Gasteiger partial charge in [-0.1, -0.05) is 98.9 Å². The van der Waals surface area contributed by atoms with Crippen molar-refractivity contribution in [3.8, 4) is 0 Å². The molecule has 2 aromatic rings. The average molecular weight is 409 g/mol. The molecule has 1 unspecified atom stereocenters. The van der Waals surface area contributed by atoms with Gasteiger partial charge in [0.2, 0.25) is 0 Å². The minimum Gasteiger partial charge on any atom is -0.367 e. The molecule has 1 amide bonds. The van der Waals surface area contributed by atoms with E-state index in [2.05, 4.69) is 24.3 Å². The monoisotopic (exact) mass is 408 g/mol. The summed E-state index contributed by atoms with van der Waals surface area (Å²) in [7, 11) is 0. The van der Waals surface area contributed by atoms with Gasteiger partial charge in [-0.05, 0) is 24.3 Å². The van der Waals surface area contributed by atoms with Gasteiger partial charge in [0.1, 0.15) is 11.8 Å². The van der Waals surface area contributed by atoms with Crippen LogP contribution in [0.2, 0.25) is 0 Å². The van der Waals surface area contributed by atoms with Gasteiger partial charge in [0.15, 0.2) is 0 Å². The second-order valence-electron chi connectivity index (χ2n) is 8.22. The molecule has 0 radical (unpaired) electrons. The normalized spacial score (nSPS) is 16.3. The molecule has 160 valence electrons. The Hall–Kier alpha value is -2.66. The number of rotatable bonds is 8. The molecule has 5 heteroatoms. The van der Waals surface area contributed by atoms with Crippen LogP contribution in [0.5, 0.6) is 0 Å². The SMILES string of the molecule is CC(C)COC(/C(=N/OC(=O)NC1CCCCC1)c1ccccc1)c1ccccc1. The Balaban J connectivity index is 1.83. The van der Waals surface area contributed by atoms with Crippen LogP contribution in [0.25, 0.3) is 0 Å². The molecule has 1 aliphatic rings. The molecule has 30 heavy (non-hydrogen) atoms. The smallest absolute Gasteiger partial charge is 0.367 e. The van der Waals surface area contributed by atoms with Crippen molar-refractivity contribution < 1.29 is 14.4 Å². The molecule has 0 aliphatic heterocycles. The van der Waals surface area contributed by atoms with Gasteiger partial charge >= 0.3 is 6.09 Å². The lowest BCUT2D eigenvalue weighted by molar-refractivity contribution is 0.0734. The van der Waals surface area contributed by atoms with Crippen LogP contribution in [0.15, 0.2) is 65.8 Å². The van der Waals surface area contributed by atoms with Crippen molar-refractivity contribution in [2.24, 2.45) is 11.1 Å². The standard InChI is InChI=1S/C25H32N2O3/c1-19(2)18-29-24(21-14-8-4-9-15-21)23(20-12-6-3-7-13-20)27-30-25(28)26-22-16-10-5-11-17-22/h3-4,6-9,12-15,19,22,24H,5,10-11,16-18H2,1-2H3,(H,26,28)/b27-23+. The number of nitrogens with one attached hydrogen (secondary N) is 1. The van der Waals surface area contributed by atoms with Gasteiger partial charge in [0.25, 0.3) is 0 Å². The van der Waals surface area contributed by atoms with Crippen molar-refractivity contribution in [2.75, 3.05) is 6.61 Å². The summed E-state index contributed by atoms with van der Waals surface area (Å²) < 4.78 is 6.25. The van der Waals surface area contributed by atoms with Crippen molar-refractivity contribution >= 4 is 11.8 Å². The van der Waals surface area contributed by atoms with Gasteiger partial charge in [-0.25, -0.2) is 4.79 Å². The van der Waals surface area contributed by atoms with E-state index in [0.717, 1.165) is 36.8 Å². The summed E-state index contributed by atoms with van der Waals surface area (Å²) in [5.41, 5.74) is 2.42. The Morgan fingerprint density at radius 1 is 1.00 bits per heavy atom. The van der Waals surface area contributed by atoms with E-state index in [-0.39, 0.29) is 6.04 Å². The van der Waals surface area contributed by atoms with Crippen LogP contribution in [0.4, 0.5) is 4.79 Å². The number of hydrogen-bond donors (Lipinski definition) is 1. The van der Waals surface area contributed by atoms with Crippen molar-refractivity contribution in [1.82, 2.24) is 5.32 Å². The van der Waals surface area contributed by atoms with Gasteiger partial charge < -0.3 is 10.1 Å². The molecule has 0 spiro atoms. The molecule has 0 heterocycles. The number of benzene rings is 2. The van der Waals surface area contributed by atoms with Crippen molar-refractivity contribution in [2.45, 2.75) is 58.1 Å². The highest BCUT2D eigenvalue weighted by Gasteiger charge is 2.23. The van der Waals surface area contributed by atoms with Crippen LogP contribution in [-0.2, 0) is 9.57 Å². The van der Waals surface area contributed by atoms with Crippen molar-refractivity contribution in [3.05, 3.63) is 71.8 Å². The van der Waals surface area contributed by atoms with E-state index in [4.69, 9.17) is 9.57 Å². The van der Waals surface area contributed by atoms with E-state index in [1.165, 1.54) is 6.42 Å². The van der Waals surface area contributed by atoms with Crippen LogP contribution in [0.3, 0.4) is 0 Å². The third kappa shape index (κ3) is 6.70. The first kappa shape index (κ1) is 22.0. The van der Waals surface area contributed by atoms with Gasteiger partial charge in [-0.15, -0.1) is 0 Å². The van der Waals surface area contributed by atoms with E-state index in [9.17, 15) is 4.79 Å². The Morgan fingerprint density at radius 3 is 2.27 bits per heavy atom. The fraction of sp³-hybridized carbons (Fsp3) is 0.440. The maximum Gasteiger partial charge on any atom is 0.433 e. The number of nitrogens with zero attached hydrogens (tertiary/aromatic N) is 1. The molecule has 0 aromatic heterocycles. The Bertz CT molecular complexity index is 800. The third-order valence-electron chi connectivity index (χ3n) is 5.17. The first-order valence-electron chi connectivity index (χ1n) is 10.9. The van der Waals surface area contributed by atoms with Crippen LogP contribution in [0.1, 0.15) is 63.2 Å². The minimum absolute atomic E-state index is 0.170. The summed E-state index contributed by atoms with van der Waals surface area (Å²) in [6, 6.07) is 19.8. The molecular formula is C25H32N2O3. The fourth-order valence-electron chi connectivity index (χ4n) is 3.64. The number of ether oxygens (including phenoxy) is 1. The summed E-state index contributed by atoms with van der Waals surface area (Å²) in [5.74, 6) is 0.365. The van der Waals surface area contributed by atoms with Crippen molar-refractivity contribution in [3.63, 3.8) is 0 Å². The fourth-order valence-corrected chi connectivity index (χ4v) is 3.64. The lowest BCUT2D eigenvalue weighted by Crippen LogP contribution is -2.36. The van der Waals surface area contributed by atoms with Gasteiger partial charge in [-0.2, -0.15) is 0 Å². The van der Waals surface area contributed by atoms with Crippen LogP contribution >= 0.6 is 0 Å². The molecule has 2 aromatic carbocycles. The predicted molar refractivity (Wildman–Crippen MR) is 119 cm³/mol.